The van der Waals surface area contributed by atoms with Crippen molar-refractivity contribution in [3.63, 3.8) is 0 Å². The van der Waals surface area contributed by atoms with E-state index in [0.29, 0.717) is 5.56 Å². The van der Waals surface area contributed by atoms with Crippen LogP contribution in [0.5, 0.6) is 23.0 Å². The molecule has 2 heterocycles. The molecule has 1 fully saturated rings. The first-order valence-electron chi connectivity index (χ1n) is 12.1. The molecule has 0 bridgehead atoms. The monoisotopic (exact) mass is 544 g/mol. The standard InChI is InChI=1S/C27H28O12/c1-12(28)35-11-25-27(37-14(3)30)24(36-13(2)29)10-22(39-25)17-6-15(4-5-18(17)32)21-9-20(34)26-19(33)7-16(31)8-23(26)38-21/h4-8,21-22,24-25,27,31-33H,9-11H2,1-3H3/t21?,22?,24-,25?,27-/m1/s1. The normalized spacial score (nSPS) is 24.2. The average Bonchev–Trinajstić information content (AvgIpc) is 2.83. The number of esters is 3. The molecule has 5 atom stereocenters. The summed E-state index contributed by atoms with van der Waals surface area (Å²) in [5, 5.41) is 30.6. The largest absolute Gasteiger partial charge is 0.508 e. The highest BCUT2D eigenvalue weighted by Gasteiger charge is 2.45. The maximum absolute atomic E-state index is 12.8. The number of phenolic OH excluding ortho intramolecular Hbond substituents is 3. The number of rotatable bonds is 6. The Morgan fingerprint density at radius 3 is 2.31 bits per heavy atom. The van der Waals surface area contributed by atoms with Gasteiger partial charge in [0.25, 0.3) is 0 Å². The third kappa shape index (κ3) is 6.23. The van der Waals surface area contributed by atoms with Crippen LogP contribution in [-0.2, 0) is 33.3 Å². The lowest BCUT2D eigenvalue weighted by Gasteiger charge is -2.40. The van der Waals surface area contributed by atoms with Gasteiger partial charge in [0.05, 0.1) is 12.5 Å². The second kappa shape index (κ2) is 11.2. The maximum atomic E-state index is 12.8. The maximum Gasteiger partial charge on any atom is 0.303 e. The number of carbonyl (C=O) groups is 4. The Morgan fingerprint density at radius 2 is 1.64 bits per heavy atom. The summed E-state index contributed by atoms with van der Waals surface area (Å²) in [6.07, 6.45) is -4.96. The molecule has 208 valence electrons. The van der Waals surface area contributed by atoms with Crippen LogP contribution >= 0.6 is 0 Å². The molecule has 0 amide bonds. The summed E-state index contributed by atoms with van der Waals surface area (Å²) in [4.78, 5) is 47.9. The third-order valence-corrected chi connectivity index (χ3v) is 6.34. The van der Waals surface area contributed by atoms with Crippen LogP contribution in [0, 0.1) is 0 Å². The number of fused-ring (bicyclic) bond motifs is 1. The average molecular weight is 545 g/mol. The minimum Gasteiger partial charge on any atom is -0.508 e. The molecule has 3 unspecified atom stereocenters. The summed E-state index contributed by atoms with van der Waals surface area (Å²) < 4.78 is 27.9. The Labute approximate surface area is 223 Å². The van der Waals surface area contributed by atoms with Gasteiger partial charge in [-0.25, -0.2) is 0 Å². The summed E-state index contributed by atoms with van der Waals surface area (Å²) in [6.45, 7) is 3.26. The highest BCUT2D eigenvalue weighted by Crippen LogP contribution is 2.44. The van der Waals surface area contributed by atoms with Gasteiger partial charge >= 0.3 is 17.9 Å². The van der Waals surface area contributed by atoms with E-state index in [-0.39, 0.29) is 47.8 Å². The van der Waals surface area contributed by atoms with Gasteiger partial charge in [-0.2, -0.15) is 0 Å². The van der Waals surface area contributed by atoms with Crippen LogP contribution in [0.25, 0.3) is 0 Å². The molecule has 3 N–H and O–H groups in total. The first-order valence-corrected chi connectivity index (χ1v) is 12.1. The Hall–Kier alpha value is -4.32. The molecule has 4 rings (SSSR count). The second-order valence-corrected chi connectivity index (χ2v) is 9.31. The number of carbonyl (C=O) groups excluding carboxylic acids is 4. The van der Waals surface area contributed by atoms with Crippen LogP contribution in [0.4, 0.5) is 0 Å². The molecule has 0 aromatic heterocycles. The lowest BCUT2D eigenvalue weighted by atomic mass is 9.90. The number of benzene rings is 2. The van der Waals surface area contributed by atoms with Crippen molar-refractivity contribution >= 4 is 23.7 Å². The highest BCUT2D eigenvalue weighted by atomic mass is 16.6. The summed E-state index contributed by atoms with van der Waals surface area (Å²) in [5.41, 5.74) is 0.711. The van der Waals surface area contributed by atoms with Gasteiger partial charge in [-0.05, 0) is 17.7 Å². The fourth-order valence-corrected chi connectivity index (χ4v) is 4.78. The van der Waals surface area contributed by atoms with E-state index in [0.717, 1.165) is 6.07 Å². The topological polar surface area (TPSA) is 175 Å². The fraction of sp³-hybridized carbons (Fsp3) is 0.407. The van der Waals surface area contributed by atoms with Crippen LogP contribution < -0.4 is 4.74 Å². The van der Waals surface area contributed by atoms with E-state index in [9.17, 15) is 34.5 Å². The molecule has 0 aliphatic carbocycles. The molecular weight excluding hydrogens is 516 g/mol. The van der Waals surface area contributed by atoms with Gasteiger partial charge in [-0.15, -0.1) is 0 Å². The van der Waals surface area contributed by atoms with Crippen molar-refractivity contribution in [2.24, 2.45) is 0 Å². The summed E-state index contributed by atoms with van der Waals surface area (Å²) in [6, 6.07) is 6.77. The molecular formula is C27H28O12. The lowest BCUT2D eigenvalue weighted by Crippen LogP contribution is -2.51. The lowest BCUT2D eigenvalue weighted by molar-refractivity contribution is -0.216. The van der Waals surface area contributed by atoms with Crippen LogP contribution in [-0.4, -0.2) is 63.9 Å². The predicted octanol–water partition coefficient (Wildman–Crippen LogP) is 2.77. The number of Topliss-reactive ketones (excluding diaryl/α,β-unsaturated/α-hetero) is 1. The Morgan fingerprint density at radius 1 is 0.923 bits per heavy atom. The molecule has 0 saturated carbocycles. The van der Waals surface area contributed by atoms with E-state index in [2.05, 4.69) is 0 Å². The van der Waals surface area contributed by atoms with Crippen molar-refractivity contribution in [2.75, 3.05) is 6.61 Å². The number of aromatic hydroxyl groups is 3. The van der Waals surface area contributed by atoms with E-state index in [1.165, 1.54) is 32.9 Å². The van der Waals surface area contributed by atoms with Gasteiger partial charge in [0, 0.05) is 44.9 Å². The molecule has 2 aliphatic heterocycles. The molecule has 12 heteroatoms. The van der Waals surface area contributed by atoms with Gasteiger partial charge in [0.1, 0.15) is 53.5 Å². The van der Waals surface area contributed by atoms with E-state index in [4.69, 9.17) is 23.7 Å². The van der Waals surface area contributed by atoms with Crippen molar-refractivity contribution in [1.82, 2.24) is 0 Å². The second-order valence-electron chi connectivity index (χ2n) is 9.31. The van der Waals surface area contributed by atoms with Crippen LogP contribution in [0.15, 0.2) is 30.3 Å². The molecule has 1 saturated heterocycles. The van der Waals surface area contributed by atoms with Crippen molar-refractivity contribution in [3.05, 3.63) is 47.0 Å². The zero-order valence-electron chi connectivity index (χ0n) is 21.4. The van der Waals surface area contributed by atoms with Crippen molar-refractivity contribution < 1.29 is 58.2 Å². The summed E-state index contributed by atoms with van der Waals surface area (Å²) >= 11 is 0. The van der Waals surface area contributed by atoms with Crippen LogP contribution in [0.3, 0.4) is 0 Å². The quantitative estimate of drug-likeness (QED) is 0.359. The van der Waals surface area contributed by atoms with Crippen LogP contribution in [0.1, 0.15) is 67.3 Å². The van der Waals surface area contributed by atoms with E-state index in [1.54, 1.807) is 12.1 Å². The fourth-order valence-electron chi connectivity index (χ4n) is 4.78. The minimum absolute atomic E-state index is 0.0119. The SMILES string of the molecule is CC(=O)OCC1OC(c2cc(C3CC(=O)c4c(O)cc(O)cc4O3)ccc2O)C[C@@H](OC(C)=O)[C@H]1OC(C)=O. The Kier molecular flexibility index (Phi) is 7.95. The van der Waals surface area contributed by atoms with Crippen molar-refractivity contribution in [3.8, 4) is 23.0 Å². The summed E-state index contributed by atoms with van der Waals surface area (Å²) in [7, 11) is 0. The number of hydrogen-bond donors (Lipinski definition) is 3. The number of hydrogen-bond acceptors (Lipinski definition) is 12. The van der Waals surface area contributed by atoms with E-state index < -0.39 is 60.0 Å². The van der Waals surface area contributed by atoms with Gasteiger partial charge in [-0.3, -0.25) is 19.2 Å². The molecule has 0 spiro atoms. The first-order chi connectivity index (χ1) is 18.4. The number of ether oxygens (including phenoxy) is 5. The van der Waals surface area contributed by atoms with Gasteiger partial charge in [0.15, 0.2) is 11.9 Å². The smallest absolute Gasteiger partial charge is 0.303 e. The van der Waals surface area contributed by atoms with E-state index in [1.807, 2.05) is 0 Å². The molecule has 12 nitrogen and oxygen atoms in total. The number of phenols is 3. The summed E-state index contributed by atoms with van der Waals surface area (Å²) in [5.74, 6) is -3.13. The van der Waals surface area contributed by atoms with Gasteiger partial charge in [0.2, 0.25) is 0 Å². The zero-order valence-corrected chi connectivity index (χ0v) is 21.4. The Bertz CT molecular complexity index is 1300. The molecule has 39 heavy (non-hydrogen) atoms. The zero-order chi connectivity index (χ0) is 28.4. The molecule has 2 aromatic carbocycles. The first kappa shape index (κ1) is 27.7. The third-order valence-electron chi connectivity index (χ3n) is 6.34. The highest BCUT2D eigenvalue weighted by molar-refractivity contribution is 6.02. The predicted molar refractivity (Wildman–Crippen MR) is 130 cm³/mol. The van der Waals surface area contributed by atoms with Crippen molar-refractivity contribution in [2.45, 2.75) is 64.1 Å². The molecule has 0 radical (unpaired) electrons. The number of ketones is 1. The minimum atomic E-state index is -1.08. The molecule has 2 aliphatic rings. The Balaban J connectivity index is 1.66. The van der Waals surface area contributed by atoms with Gasteiger partial charge < -0.3 is 39.0 Å². The van der Waals surface area contributed by atoms with E-state index >= 15 is 0 Å². The molecule has 2 aromatic rings. The van der Waals surface area contributed by atoms with Gasteiger partial charge in [-0.1, -0.05) is 6.07 Å². The van der Waals surface area contributed by atoms with Crippen molar-refractivity contribution in [1.29, 1.82) is 0 Å². The van der Waals surface area contributed by atoms with Crippen LogP contribution in [0.2, 0.25) is 0 Å².